The molecule has 1 aromatic carbocycles. The van der Waals surface area contributed by atoms with Crippen LogP contribution < -0.4 is 5.32 Å². The summed E-state index contributed by atoms with van der Waals surface area (Å²) >= 11 is 1.72. The van der Waals surface area contributed by atoms with Crippen LogP contribution in [0.1, 0.15) is 17.7 Å². The summed E-state index contributed by atoms with van der Waals surface area (Å²) in [7, 11) is 0. The molecule has 1 N–H and O–H groups in total. The first-order valence-electron chi connectivity index (χ1n) is 6.85. The van der Waals surface area contributed by atoms with Gasteiger partial charge in [0.25, 0.3) is 0 Å². The predicted octanol–water partition coefficient (Wildman–Crippen LogP) is 3.40. The quantitative estimate of drug-likeness (QED) is 0.760. The maximum atomic E-state index is 12.7. The van der Waals surface area contributed by atoms with Crippen LogP contribution >= 0.6 is 11.8 Å². The standard InChI is InChI=1S/C16H18FNO2S/c17-14-6-3-13(4-7-14)5-8-16(19)18-9-11-21-12-15-2-1-10-20-15/h1-4,6-7,10H,5,8-9,11-12H2,(H,18,19). The number of furan rings is 1. The van der Waals surface area contributed by atoms with E-state index in [2.05, 4.69) is 5.32 Å². The van der Waals surface area contributed by atoms with E-state index in [1.165, 1.54) is 12.1 Å². The molecule has 2 aromatic rings. The number of carbonyl (C=O) groups is 1. The zero-order valence-corrected chi connectivity index (χ0v) is 12.5. The molecule has 112 valence electrons. The number of nitrogens with one attached hydrogen (secondary N) is 1. The highest BCUT2D eigenvalue weighted by molar-refractivity contribution is 7.98. The molecule has 3 nitrogen and oxygen atoms in total. The maximum absolute atomic E-state index is 12.7. The fraction of sp³-hybridized carbons (Fsp3) is 0.312. The first-order valence-corrected chi connectivity index (χ1v) is 8.01. The largest absolute Gasteiger partial charge is 0.468 e. The highest BCUT2D eigenvalue weighted by Crippen LogP contribution is 2.11. The minimum absolute atomic E-state index is 0.0259. The van der Waals surface area contributed by atoms with Crippen molar-refractivity contribution in [3.8, 4) is 0 Å². The van der Waals surface area contributed by atoms with Crippen LogP contribution in [0.2, 0.25) is 0 Å². The van der Waals surface area contributed by atoms with Gasteiger partial charge in [-0.2, -0.15) is 11.8 Å². The van der Waals surface area contributed by atoms with Crippen LogP contribution in [0.5, 0.6) is 0 Å². The third kappa shape index (κ3) is 6.04. The molecule has 0 fully saturated rings. The summed E-state index contributed by atoms with van der Waals surface area (Å²) in [6, 6.07) is 10.1. The van der Waals surface area contributed by atoms with Crippen LogP contribution in [0.25, 0.3) is 0 Å². The topological polar surface area (TPSA) is 42.2 Å². The molecule has 0 bridgehead atoms. The minimum atomic E-state index is -0.253. The van der Waals surface area contributed by atoms with Crippen molar-refractivity contribution in [3.63, 3.8) is 0 Å². The number of benzene rings is 1. The number of hydrogen-bond donors (Lipinski definition) is 1. The van der Waals surface area contributed by atoms with Crippen molar-refractivity contribution in [1.29, 1.82) is 0 Å². The Morgan fingerprint density at radius 2 is 2.05 bits per heavy atom. The van der Waals surface area contributed by atoms with E-state index in [0.29, 0.717) is 19.4 Å². The lowest BCUT2D eigenvalue weighted by Gasteiger charge is -2.05. The molecule has 0 saturated carbocycles. The second kappa shape index (κ2) is 8.52. The van der Waals surface area contributed by atoms with Gasteiger partial charge in [-0.15, -0.1) is 0 Å². The van der Waals surface area contributed by atoms with E-state index < -0.39 is 0 Å². The van der Waals surface area contributed by atoms with E-state index in [1.807, 2.05) is 12.1 Å². The number of hydrogen-bond acceptors (Lipinski definition) is 3. The Hall–Kier alpha value is -1.75. The number of aryl methyl sites for hydroxylation is 1. The van der Waals surface area contributed by atoms with Crippen molar-refractivity contribution < 1.29 is 13.6 Å². The molecule has 0 aliphatic heterocycles. The minimum Gasteiger partial charge on any atom is -0.468 e. The van der Waals surface area contributed by atoms with E-state index >= 15 is 0 Å². The molecule has 0 spiro atoms. The fourth-order valence-electron chi connectivity index (χ4n) is 1.83. The molecule has 0 aliphatic rings. The Morgan fingerprint density at radius 1 is 1.24 bits per heavy atom. The average molecular weight is 307 g/mol. The third-order valence-corrected chi connectivity index (χ3v) is 3.93. The molecular weight excluding hydrogens is 289 g/mol. The summed E-state index contributed by atoms with van der Waals surface area (Å²) in [5, 5.41) is 2.88. The number of carbonyl (C=O) groups excluding carboxylic acids is 1. The molecule has 1 aromatic heterocycles. The van der Waals surface area contributed by atoms with Gasteiger partial charge in [-0.3, -0.25) is 4.79 Å². The van der Waals surface area contributed by atoms with Gasteiger partial charge < -0.3 is 9.73 Å². The van der Waals surface area contributed by atoms with Gasteiger partial charge in [-0.05, 0) is 36.2 Å². The molecular formula is C16H18FNO2S. The summed E-state index contributed by atoms with van der Waals surface area (Å²) in [5.74, 6) is 2.39. The molecule has 0 saturated heterocycles. The van der Waals surface area contributed by atoms with Crippen LogP contribution in [0, 0.1) is 5.82 Å². The SMILES string of the molecule is O=C(CCc1ccc(F)cc1)NCCSCc1ccco1. The van der Waals surface area contributed by atoms with Gasteiger partial charge in [0, 0.05) is 18.7 Å². The van der Waals surface area contributed by atoms with Gasteiger partial charge in [-0.1, -0.05) is 12.1 Å². The maximum Gasteiger partial charge on any atom is 0.220 e. The molecule has 1 amide bonds. The first kappa shape index (κ1) is 15.6. The summed E-state index contributed by atoms with van der Waals surface area (Å²) in [4.78, 5) is 11.7. The summed E-state index contributed by atoms with van der Waals surface area (Å²) in [6.45, 7) is 0.646. The highest BCUT2D eigenvalue weighted by Gasteiger charge is 2.02. The number of thioether (sulfide) groups is 1. The van der Waals surface area contributed by atoms with Crippen LogP contribution in [-0.4, -0.2) is 18.2 Å². The van der Waals surface area contributed by atoms with Crippen LogP contribution in [-0.2, 0) is 17.0 Å². The van der Waals surface area contributed by atoms with Crippen molar-refractivity contribution in [2.24, 2.45) is 0 Å². The lowest BCUT2D eigenvalue weighted by Crippen LogP contribution is -2.25. The average Bonchev–Trinajstić information content (AvgIpc) is 2.99. The Kier molecular flexibility index (Phi) is 6.34. The molecule has 0 unspecified atom stereocenters. The molecule has 0 radical (unpaired) electrons. The van der Waals surface area contributed by atoms with Gasteiger partial charge in [0.2, 0.25) is 5.91 Å². The van der Waals surface area contributed by atoms with Gasteiger partial charge in [-0.25, -0.2) is 4.39 Å². The molecule has 0 aliphatic carbocycles. The molecule has 5 heteroatoms. The van der Waals surface area contributed by atoms with Gasteiger partial charge >= 0.3 is 0 Å². The first-order chi connectivity index (χ1) is 10.2. The second-order valence-electron chi connectivity index (χ2n) is 4.61. The number of amides is 1. The van der Waals surface area contributed by atoms with E-state index in [-0.39, 0.29) is 11.7 Å². The lowest BCUT2D eigenvalue weighted by atomic mass is 10.1. The zero-order valence-electron chi connectivity index (χ0n) is 11.7. The summed E-state index contributed by atoms with van der Waals surface area (Å²) in [6.07, 6.45) is 2.72. The van der Waals surface area contributed by atoms with Crippen LogP contribution in [0.15, 0.2) is 47.1 Å². The summed E-state index contributed by atoms with van der Waals surface area (Å²) in [5.41, 5.74) is 0.971. The Labute approximate surface area is 127 Å². The van der Waals surface area contributed by atoms with Crippen molar-refractivity contribution >= 4 is 17.7 Å². The van der Waals surface area contributed by atoms with Gasteiger partial charge in [0.1, 0.15) is 11.6 Å². The van der Waals surface area contributed by atoms with Crippen molar-refractivity contribution in [1.82, 2.24) is 5.32 Å². The lowest BCUT2D eigenvalue weighted by molar-refractivity contribution is -0.120. The van der Waals surface area contributed by atoms with E-state index in [4.69, 9.17) is 4.42 Å². The Bertz CT molecular complexity index is 540. The van der Waals surface area contributed by atoms with Crippen molar-refractivity contribution in [2.75, 3.05) is 12.3 Å². The molecule has 1 heterocycles. The normalized spacial score (nSPS) is 10.5. The van der Waals surface area contributed by atoms with E-state index in [9.17, 15) is 9.18 Å². The molecule has 0 atom stereocenters. The van der Waals surface area contributed by atoms with Crippen LogP contribution in [0.3, 0.4) is 0 Å². The third-order valence-electron chi connectivity index (χ3n) is 2.95. The number of halogens is 1. The molecule has 2 rings (SSSR count). The van der Waals surface area contributed by atoms with E-state index in [1.54, 1.807) is 30.2 Å². The highest BCUT2D eigenvalue weighted by atomic mass is 32.2. The van der Waals surface area contributed by atoms with Crippen molar-refractivity contribution in [2.45, 2.75) is 18.6 Å². The van der Waals surface area contributed by atoms with Gasteiger partial charge in [0.15, 0.2) is 0 Å². The smallest absolute Gasteiger partial charge is 0.220 e. The Morgan fingerprint density at radius 3 is 2.76 bits per heavy atom. The Balaban J connectivity index is 1.54. The second-order valence-corrected chi connectivity index (χ2v) is 5.71. The zero-order chi connectivity index (χ0) is 14.9. The fourth-order valence-corrected chi connectivity index (χ4v) is 2.58. The number of rotatable bonds is 8. The van der Waals surface area contributed by atoms with E-state index in [0.717, 1.165) is 22.8 Å². The monoisotopic (exact) mass is 307 g/mol. The van der Waals surface area contributed by atoms with Gasteiger partial charge in [0.05, 0.1) is 12.0 Å². The molecule has 21 heavy (non-hydrogen) atoms. The van der Waals surface area contributed by atoms with Crippen molar-refractivity contribution in [3.05, 3.63) is 59.8 Å². The predicted molar refractivity (Wildman–Crippen MR) is 82.6 cm³/mol. The summed E-state index contributed by atoms with van der Waals surface area (Å²) < 4.78 is 18.0. The van der Waals surface area contributed by atoms with Crippen LogP contribution in [0.4, 0.5) is 4.39 Å².